The van der Waals surface area contributed by atoms with Crippen LogP contribution in [0.5, 0.6) is 0 Å². The molecule has 1 aliphatic heterocycles. The molecule has 0 spiro atoms. The third-order valence-corrected chi connectivity index (χ3v) is 6.57. The van der Waals surface area contributed by atoms with Crippen LogP contribution in [-0.4, -0.2) is 48.1 Å². The number of carbonyl (C=O) groups excluding carboxylic acids is 1. The minimum Gasteiger partial charge on any atom is -0.481 e. The zero-order valence-corrected chi connectivity index (χ0v) is 16.0. The molecule has 2 atom stereocenters. The van der Waals surface area contributed by atoms with Crippen LogP contribution in [0, 0.1) is 17.3 Å². The van der Waals surface area contributed by atoms with E-state index in [0.29, 0.717) is 13.1 Å². The van der Waals surface area contributed by atoms with Gasteiger partial charge in [0.25, 0.3) is 0 Å². The zero-order chi connectivity index (χ0) is 17.0. The number of carboxylic acids is 1. The van der Waals surface area contributed by atoms with Gasteiger partial charge in [-0.3, -0.25) is 14.5 Å². The van der Waals surface area contributed by atoms with Crippen molar-refractivity contribution < 1.29 is 14.7 Å². The molecule has 0 unspecified atom stereocenters. The zero-order valence-electron chi connectivity index (χ0n) is 15.2. The predicted molar refractivity (Wildman–Crippen MR) is 99.9 cm³/mol. The van der Waals surface area contributed by atoms with E-state index in [-0.39, 0.29) is 24.2 Å². The average molecular weight is 373 g/mol. The van der Waals surface area contributed by atoms with Crippen molar-refractivity contribution >= 4 is 24.3 Å². The molecule has 0 bridgehead atoms. The van der Waals surface area contributed by atoms with E-state index >= 15 is 0 Å². The second-order valence-electron chi connectivity index (χ2n) is 8.22. The number of carboxylic acid groups (broad SMARTS) is 1. The quantitative estimate of drug-likeness (QED) is 0.674. The first-order valence-electron chi connectivity index (χ1n) is 9.82. The Bertz CT molecular complexity index is 468. The lowest BCUT2D eigenvalue weighted by molar-refractivity contribution is -0.149. The van der Waals surface area contributed by atoms with E-state index in [1.807, 2.05) is 0 Å². The van der Waals surface area contributed by atoms with Crippen LogP contribution >= 0.6 is 12.4 Å². The molecule has 2 aliphatic carbocycles. The van der Waals surface area contributed by atoms with Crippen molar-refractivity contribution in [2.45, 2.75) is 64.2 Å². The van der Waals surface area contributed by atoms with Gasteiger partial charge < -0.3 is 10.4 Å². The number of rotatable bonds is 7. The molecule has 144 valence electrons. The Labute approximate surface area is 157 Å². The minimum atomic E-state index is -0.666. The lowest BCUT2D eigenvalue weighted by Gasteiger charge is -2.23. The summed E-state index contributed by atoms with van der Waals surface area (Å²) in [6.07, 6.45) is 11.9. The molecule has 2 saturated carbocycles. The summed E-state index contributed by atoms with van der Waals surface area (Å²) in [6, 6.07) is 0. The van der Waals surface area contributed by atoms with Gasteiger partial charge in [-0.1, -0.05) is 38.5 Å². The molecule has 0 aromatic rings. The Kier molecular flexibility index (Phi) is 7.56. The van der Waals surface area contributed by atoms with E-state index in [0.717, 1.165) is 44.7 Å². The van der Waals surface area contributed by atoms with Gasteiger partial charge in [-0.15, -0.1) is 12.4 Å². The van der Waals surface area contributed by atoms with E-state index in [1.54, 1.807) is 0 Å². The van der Waals surface area contributed by atoms with E-state index in [2.05, 4.69) is 10.2 Å². The average Bonchev–Trinajstić information content (AvgIpc) is 3.10. The molecule has 1 heterocycles. The van der Waals surface area contributed by atoms with Gasteiger partial charge in [0.2, 0.25) is 5.91 Å². The number of fused-ring (bicyclic) bond motifs is 1. The number of likely N-dealkylation sites (tertiary alicyclic amines) is 1. The van der Waals surface area contributed by atoms with Crippen molar-refractivity contribution in [2.24, 2.45) is 17.3 Å². The lowest BCUT2D eigenvalue weighted by atomic mass is 9.81. The number of aliphatic carboxylic acids is 1. The molecular formula is C19H33ClN2O3. The van der Waals surface area contributed by atoms with Crippen molar-refractivity contribution in [3.63, 3.8) is 0 Å². The van der Waals surface area contributed by atoms with Crippen LogP contribution in [0.15, 0.2) is 0 Å². The predicted octanol–water partition coefficient (Wildman–Crippen LogP) is 3.07. The van der Waals surface area contributed by atoms with Crippen LogP contribution in [0.25, 0.3) is 0 Å². The number of carbonyl (C=O) groups is 2. The molecule has 6 heteroatoms. The van der Waals surface area contributed by atoms with Gasteiger partial charge in [0.1, 0.15) is 0 Å². The highest BCUT2D eigenvalue weighted by Gasteiger charge is 2.54. The molecule has 1 amide bonds. The first-order chi connectivity index (χ1) is 11.6. The smallest absolute Gasteiger partial charge is 0.311 e. The van der Waals surface area contributed by atoms with Gasteiger partial charge in [0.05, 0.1) is 12.0 Å². The maximum atomic E-state index is 12.1. The third-order valence-electron chi connectivity index (χ3n) is 6.57. The molecule has 0 aromatic heterocycles. The Balaban J connectivity index is 0.00000225. The SMILES string of the molecule is Cl.O=C(CN1C[C@@H]2CCC[C@@]2(C(=O)O)C1)NCCCC1CCCCC1. The van der Waals surface area contributed by atoms with Crippen molar-refractivity contribution in [1.29, 1.82) is 0 Å². The second kappa shape index (κ2) is 9.22. The summed E-state index contributed by atoms with van der Waals surface area (Å²) < 4.78 is 0. The minimum absolute atomic E-state index is 0. The summed E-state index contributed by atoms with van der Waals surface area (Å²) in [4.78, 5) is 25.9. The molecule has 25 heavy (non-hydrogen) atoms. The second-order valence-corrected chi connectivity index (χ2v) is 8.22. The summed E-state index contributed by atoms with van der Waals surface area (Å²) in [5, 5.41) is 12.6. The first-order valence-corrected chi connectivity index (χ1v) is 9.82. The fourth-order valence-electron chi connectivity index (χ4n) is 5.22. The van der Waals surface area contributed by atoms with Crippen LogP contribution in [0.4, 0.5) is 0 Å². The molecule has 3 rings (SSSR count). The summed E-state index contributed by atoms with van der Waals surface area (Å²) in [7, 11) is 0. The number of amides is 1. The molecular weight excluding hydrogens is 340 g/mol. The fourth-order valence-corrected chi connectivity index (χ4v) is 5.22. The van der Waals surface area contributed by atoms with Crippen molar-refractivity contribution in [2.75, 3.05) is 26.2 Å². The van der Waals surface area contributed by atoms with Gasteiger partial charge in [0.15, 0.2) is 0 Å². The highest BCUT2D eigenvalue weighted by Crippen LogP contribution is 2.48. The van der Waals surface area contributed by atoms with Crippen LogP contribution < -0.4 is 5.32 Å². The molecule has 1 saturated heterocycles. The van der Waals surface area contributed by atoms with E-state index in [1.165, 1.54) is 38.5 Å². The maximum absolute atomic E-state index is 12.1. The normalized spacial score (nSPS) is 29.8. The largest absolute Gasteiger partial charge is 0.481 e. The van der Waals surface area contributed by atoms with Crippen molar-refractivity contribution in [3.8, 4) is 0 Å². The number of hydrogen-bond donors (Lipinski definition) is 2. The number of nitrogens with zero attached hydrogens (tertiary/aromatic N) is 1. The van der Waals surface area contributed by atoms with Crippen LogP contribution in [0.2, 0.25) is 0 Å². The van der Waals surface area contributed by atoms with Gasteiger partial charge in [-0.2, -0.15) is 0 Å². The standard InChI is InChI=1S/C19H32N2O3.ClH/c22-17(20-11-5-8-15-6-2-1-3-7-15)13-21-12-16-9-4-10-19(16,14-21)18(23)24;/h15-16H,1-14H2,(H,20,22)(H,23,24);1H/t16-,19+;/m0./s1. The van der Waals surface area contributed by atoms with Crippen molar-refractivity contribution in [1.82, 2.24) is 10.2 Å². The molecule has 0 radical (unpaired) electrons. The van der Waals surface area contributed by atoms with Crippen LogP contribution in [-0.2, 0) is 9.59 Å². The van der Waals surface area contributed by atoms with Gasteiger partial charge >= 0.3 is 5.97 Å². The molecule has 3 fully saturated rings. The van der Waals surface area contributed by atoms with Gasteiger partial charge in [-0.25, -0.2) is 0 Å². The first kappa shape index (κ1) is 20.5. The Morgan fingerprint density at radius 2 is 1.88 bits per heavy atom. The van der Waals surface area contributed by atoms with Gasteiger partial charge in [-0.05, 0) is 37.5 Å². The van der Waals surface area contributed by atoms with E-state index in [9.17, 15) is 14.7 Å². The molecule has 3 aliphatic rings. The Hall–Kier alpha value is -0.810. The Morgan fingerprint density at radius 3 is 2.56 bits per heavy atom. The third kappa shape index (κ3) is 4.88. The van der Waals surface area contributed by atoms with E-state index in [4.69, 9.17) is 0 Å². The summed E-state index contributed by atoms with van der Waals surface area (Å²) in [5.41, 5.74) is -0.582. The summed E-state index contributed by atoms with van der Waals surface area (Å²) >= 11 is 0. The lowest BCUT2D eigenvalue weighted by Crippen LogP contribution is -2.39. The highest BCUT2D eigenvalue weighted by molar-refractivity contribution is 5.85. The van der Waals surface area contributed by atoms with Gasteiger partial charge in [0, 0.05) is 19.6 Å². The molecule has 0 aromatic carbocycles. The van der Waals surface area contributed by atoms with Crippen molar-refractivity contribution in [3.05, 3.63) is 0 Å². The topological polar surface area (TPSA) is 69.6 Å². The summed E-state index contributed by atoms with van der Waals surface area (Å²) in [5.74, 6) is 0.484. The number of hydrogen-bond acceptors (Lipinski definition) is 3. The molecule has 5 nitrogen and oxygen atoms in total. The molecule has 2 N–H and O–H groups in total. The number of halogens is 1. The van der Waals surface area contributed by atoms with Crippen LogP contribution in [0.3, 0.4) is 0 Å². The van der Waals surface area contributed by atoms with E-state index < -0.39 is 11.4 Å². The fraction of sp³-hybridized carbons (Fsp3) is 0.895. The maximum Gasteiger partial charge on any atom is 0.311 e. The Morgan fingerprint density at radius 1 is 1.12 bits per heavy atom. The van der Waals surface area contributed by atoms with Crippen LogP contribution in [0.1, 0.15) is 64.2 Å². The number of nitrogens with one attached hydrogen (secondary N) is 1. The highest BCUT2D eigenvalue weighted by atomic mass is 35.5. The summed E-state index contributed by atoms with van der Waals surface area (Å²) in [6.45, 7) is 2.43. The monoisotopic (exact) mass is 372 g/mol.